The molecule has 1 heterocycles. The Morgan fingerprint density at radius 3 is 2.46 bits per heavy atom. The van der Waals surface area contributed by atoms with E-state index in [4.69, 9.17) is 34.8 Å². The third-order valence-corrected chi connectivity index (χ3v) is 5.57. The molecule has 0 saturated heterocycles. The number of nitrogens with one attached hydrogen (secondary N) is 1. The first kappa shape index (κ1) is 21.0. The van der Waals surface area contributed by atoms with Crippen molar-refractivity contribution in [2.75, 3.05) is 11.1 Å². The zero-order valence-corrected chi connectivity index (χ0v) is 18.0. The molecule has 0 fully saturated rings. The number of carbonyl (C=O) groups is 1. The second-order valence-corrected chi connectivity index (χ2v) is 8.15. The predicted molar refractivity (Wildman–Crippen MR) is 117 cm³/mol. The van der Waals surface area contributed by atoms with Gasteiger partial charge >= 0.3 is 0 Å². The van der Waals surface area contributed by atoms with Crippen molar-refractivity contribution >= 4 is 58.2 Å². The number of carbonyl (C=O) groups excluding carboxylic acids is 1. The van der Waals surface area contributed by atoms with E-state index in [2.05, 4.69) is 22.4 Å². The fourth-order valence-electron chi connectivity index (χ4n) is 2.54. The fourth-order valence-corrected chi connectivity index (χ4v) is 3.89. The highest BCUT2D eigenvalue weighted by molar-refractivity contribution is 7.99. The molecule has 146 valence electrons. The van der Waals surface area contributed by atoms with Crippen LogP contribution in [0.4, 0.5) is 5.69 Å². The normalized spacial score (nSPS) is 10.9. The zero-order chi connectivity index (χ0) is 20.1. The number of nitrogens with zero attached hydrogens (tertiary/aromatic N) is 3. The molecule has 0 aliphatic carbocycles. The van der Waals surface area contributed by atoms with E-state index in [1.165, 1.54) is 11.8 Å². The quantitative estimate of drug-likeness (QED) is 0.441. The summed E-state index contributed by atoms with van der Waals surface area (Å²) in [5.41, 5.74) is 1.45. The van der Waals surface area contributed by atoms with Crippen LogP contribution in [0.15, 0.2) is 47.6 Å². The van der Waals surface area contributed by atoms with Crippen LogP contribution in [0.5, 0.6) is 0 Å². The number of hydrogen-bond acceptors (Lipinski definition) is 4. The van der Waals surface area contributed by atoms with Gasteiger partial charge in [-0.1, -0.05) is 53.5 Å². The minimum absolute atomic E-state index is 0.182. The standard InChI is InChI=1S/C19H17Cl3N4OS/c1-2-9-26-18(12-3-5-13(20)6-4-12)24-25-19(26)28-11-17(27)23-16-8-7-14(21)10-15(16)22/h3-8,10H,2,9,11H2,1H3,(H,23,27). The van der Waals surface area contributed by atoms with E-state index < -0.39 is 0 Å². The first-order chi connectivity index (χ1) is 13.5. The van der Waals surface area contributed by atoms with Crippen LogP contribution in [0.25, 0.3) is 11.4 Å². The maximum atomic E-state index is 12.3. The van der Waals surface area contributed by atoms with Gasteiger partial charge in [-0.05, 0) is 48.9 Å². The van der Waals surface area contributed by atoms with Crippen LogP contribution in [-0.4, -0.2) is 26.4 Å². The lowest BCUT2D eigenvalue weighted by molar-refractivity contribution is -0.113. The summed E-state index contributed by atoms with van der Waals surface area (Å²) < 4.78 is 2.01. The minimum atomic E-state index is -0.187. The highest BCUT2D eigenvalue weighted by Crippen LogP contribution is 2.27. The van der Waals surface area contributed by atoms with E-state index >= 15 is 0 Å². The number of anilines is 1. The monoisotopic (exact) mass is 454 g/mol. The molecule has 0 radical (unpaired) electrons. The minimum Gasteiger partial charge on any atom is -0.324 e. The van der Waals surface area contributed by atoms with Crippen molar-refractivity contribution in [2.45, 2.75) is 25.0 Å². The smallest absolute Gasteiger partial charge is 0.234 e. The number of hydrogen-bond donors (Lipinski definition) is 1. The van der Waals surface area contributed by atoms with Gasteiger partial charge in [0, 0.05) is 22.2 Å². The summed E-state index contributed by atoms with van der Waals surface area (Å²) in [4.78, 5) is 12.3. The number of halogens is 3. The highest BCUT2D eigenvalue weighted by atomic mass is 35.5. The van der Waals surface area contributed by atoms with Gasteiger partial charge in [0.25, 0.3) is 0 Å². The average Bonchev–Trinajstić information content (AvgIpc) is 3.06. The van der Waals surface area contributed by atoms with E-state index in [-0.39, 0.29) is 11.7 Å². The number of benzene rings is 2. The first-order valence-corrected chi connectivity index (χ1v) is 10.7. The van der Waals surface area contributed by atoms with Crippen LogP contribution >= 0.6 is 46.6 Å². The molecule has 0 atom stereocenters. The molecule has 2 aromatic carbocycles. The SMILES string of the molecule is CCCn1c(SCC(=O)Nc2ccc(Cl)cc2Cl)nnc1-c1ccc(Cl)cc1. The first-order valence-electron chi connectivity index (χ1n) is 8.54. The van der Waals surface area contributed by atoms with Crippen LogP contribution in [-0.2, 0) is 11.3 Å². The van der Waals surface area contributed by atoms with Gasteiger partial charge in [-0.3, -0.25) is 4.79 Å². The van der Waals surface area contributed by atoms with Gasteiger partial charge in [0.05, 0.1) is 16.5 Å². The van der Waals surface area contributed by atoms with E-state index in [9.17, 15) is 4.79 Å². The Bertz CT molecular complexity index is 976. The number of amides is 1. The van der Waals surface area contributed by atoms with E-state index in [0.717, 1.165) is 24.4 Å². The van der Waals surface area contributed by atoms with Gasteiger partial charge in [0.2, 0.25) is 5.91 Å². The molecule has 3 aromatic rings. The molecule has 1 amide bonds. The second kappa shape index (κ2) is 9.65. The molecule has 1 aromatic heterocycles. The average molecular weight is 456 g/mol. The maximum absolute atomic E-state index is 12.3. The lowest BCUT2D eigenvalue weighted by Gasteiger charge is -2.10. The van der Waals surface area contributed by atoms with Crippen LogP contribution in [0, 0.1) is 0 Å². The Morgan fingerprint density at radius 2 is 1.79 bits per heavy atom. The molecule has 28 heavy (non-hydrogen) atoms. The van der Waals surface area contributed by atoms with Crippen molar-refractivity contribution in [3.05, 3.63) is 57.5 Å². The molecule has 1 N–H and O–H groups in total. The van der Waals surface area contributed by atoms with Gasteiger partial charge in [-0.2, -0.15) is 0 Å². The van der Waals surface area contributed by atoms with Gasteiger partial charge in [-0.25, -0.2) is 0 Å². The van der Waals surface area contributed by atoms with Crippen LogP contribution < -0.4 is 5.32 Å². The Hall–Kier alpha value is -1.73. The molecular weight excluding hydrogens is 439 g/mol. The summed E-state index contributed by atoms with van der Waals surface area (Å²) in [6.45, 7) is 2.83. The molecule has 0 aliphatic rings. The van der Waals surface area contributed by atoms with E-state index in [0.29, 0.717) is 25.9 Å². The molecular formula is C19H17Cl3N4OS. The van der Waals surface area contributed by atoms with Gasteiger partial charge < -0.3 is 9.88 Å². The molecule has 0 saturated carbocycles. The fraction of sp³-hybridized carbons (Fsp3) is 0.211. The molecule has 0 spiro atoms. The second-order valence-electron chi connectivity index (χ2n) is 5.93. The van der Waals surface area contributed by atoms with Crippen molar-refractivity contribution in [3.63, 3.8) is 0 Å². The molecule has 0 aliphatic heterocycles. The van der Waals surface area contributed by atoms with Gasteiger partial charge in [0.15, 0.2) is 11.0 Å². The summed E-state index contributed by atoms with van der Waals surface area (Å²) in [5.74, 6) is 0.747. The third kappa shape index (κ3) is 5.20. The predicted octanol–water partition coefficient (Wildman–Crippen LogP) is 6.05. The molecule has 5 nitrogen and oxygen atoms in total. The number of aromatic nitrogens is 3. The molecule has 3 rings (SSSR count). The summed E-state index contributed by atoms with van der Waals surface area (Å²) >= 11 is 19.3. The lowest BCUT2D eigenvalue weighted by atomic mass is 10.2. The number of thioether (sulfide) groups is 1. The summed E-state index contributed by atoms with van der Waals surface area (Å²) in [6.07, 6.45) is 0.915. The number of rotatable bonds is 7. The Morgan fingerprint density at radius 1 is 1.07 bits per heavy atom. The van der Waals surface area contributed by atoms with Gasteiger partial charge in [0.1, 0.15) is 0 Å². The highest BCUT2D eigenvalue weighted by Gasteiger charge is 2.16. The van der Waals surface area contributed by atoms with Crippen LogP contribution in [0.2, 0.25) is 15.1 Å². The topological polar surface area (TPSA) is 59.8 Å². The summed E-state index contributed by atoms with van der Waals surface area (Å²) in [7, 11) is 0. The molecule has 9 heteroatoms. The maximum Gasteiger partial charge on any atom is 0.234 e. The Balaban J connectivity index is 1.71. The van der Waals surface area contributed by atoms with Gasteiger partial charge in [-0.15, -0.1) is 10.2 Å². The largest absolute Gasteiger partial charge is 0.324 e. The van der Waals surface area contributed by atoms with Crippen molar-refractivity contribution < 1.29 is 4.79 Å². The molecule has 0 bridgehead atoms. The third-order valence-electron chi connectivity index (χ3n) is 3.80. The van der Waals surface area contributed by atoms with Crippen molar-refractivity contribution in [1.29, 1.82) is 0 Å². The summed E-state index contributed by atoms with van der Waals surface area (Å²) in [5, 5.41) is 13.6. The summed E-state index contributed by atoms with van der Waals surface area (Å²) in [6, 6.07) is 12.4. The molecule has 0 unspecified atom stereocenters. The van der Waals surface area contributed by atoms with Crippen molar-refractivity contribution in [2.24, 2.45) is 0 Å². The van der Waals surface area contributed by atoms with Crippen LogP contribution in [0.1, 0.15) is 13.3 Å². The van der Waals surface area contributed by atoms with Crippen molar-refractivity contribution in [1.82, 2.24) is 14.8 Å². The van der Waals surface area contributed by atoms with E-state index in [1.807, 2.05) is 28.8 Å². The Labute approximate surface area is 182 Å². The lowest BCUT2D eigenvalue weighted by Crippen LogP contribution is -2.15. The van der Waals surface area contributed by atoms with Crippen molar-refractivity contribution in [3.8, 4) is 11.4 Å². The van der Waals surface area contributed by atoms with Crippen LogP contribution in [0.3, 0.4) is 0 Å². The Kier molecular flexibility index (Phi) is 7.24. The zero-order valence-electron chi connectivity index (χ0n) is 15.0. The van der Waals surface area contributed by atoms with E-state index in [1.54, 1.807) is 18.2 Å².